The van der Waals surface area contributed by atoms with E-state index < -0.39 is 0 Å². The van der Waals surface area contributed by atoms with Gasteiger partial charge in [0.15, 0.2) is 0 Å². The first-order chi connectivity index (χ1) is 7.58. The maximum atomic E-state index is 12.9. The molecule has 1 aromatic carbocycles. The zero-order chi connectivity index (χ0) is 12.0. The van der Waals surface area contributed by atoms with Crippen molar-refractivity contribution < 1.29 is 4.39 Å². The van der Waals surface area contributed by atoms with Crippen molar-refractivity contribution in [3.63, 3.8) is 0 Å². The fraction of sp³-hybridized carbons (Fsp3) is 0.417. The Hall–Kier alpha value is -1.42. The molecule has 0 amide bonds. The molecule has 0 aliphatic heterocycles. The maximum Gasteiger partial charge on any atom is 0.123 e. The van der Waals surface area contributed by atoms with Crippen LogP contribution in [0.5, 0.6) is 0 Å². The van der Waals surface area contributed by atoms with Gasteiger partial charge in [-0.15, -0.1) is 0 Å². The van der Waals surface area contributed by atoms with Gasteiger partial charge in [0, 0.05) is 13.0 Å². The number of nitrogens with zero attached hydrogens (tertiary/aromatic N) is 1. The van der Waals surface area contributed by atoms with Crippen molar-refractivity contribution >= 4 is 5.84 Å². The molecule has 0 fully saturated rings. The van der Waals surface area contributed by atoms with Crippen LogP contribution in [-0.2, 0) is 6.54 Å². The second-order valence-electron chi connectivity index (χ2n) is 4.00. The largest absolute Gasteiger partial charge is 0.388 e. The van der Waals surface area contributed by atoms with Crippen LogP contribution >= 0.6 is 0 Å². The lowest BCUT2D eigenvalue weighted by atomic mass is 10.2. The van der Waals surface area contributed by atoms with Crippen LogP contribution < -0.4 is 5.73 Å². The third kappa shape index (κ3) is 4.89. The Morgan fingerprint density at radius 2 is 2.25 bits per heavy atom. The maximum absolute atomic E-state index is 12.9. The molecule has 0 bridgehead atoms. The van der Waals surface area contributed by atoms with E-state index in [1.807, 2.05) is 13.1 Å². The number of hydrogen-bond acceptors (Lipinski definition) is 2. The molecule has 0 aromatic heterocycles. The van der Waals surface area contributed by atoms with Gasteiger partial charge in [0.05, 0.1) is 5.84 Å². The second kappa shape index (κ2) is 6.23. The lowest BCUT2D eigenvalue weighted by molar-refractivity contribution is 0.323. The highest BCUT2D eigenvalue weighted by atomic mass is 19.1. The Morgan fingerprint density at radius 1 is 1.50 bits per heavy atom. The summed E-state index contributed by atoms with van der Waals surface area (Å²) in [6.07, 6.45) is 1.48. The molecule has 1 rings (SSSR count). The molecule has 0 saturated heterocycles. The molecule has 0 unspecified atom stereocenters. The van der Waals surface area contributed by atoms with E-state index in [0.29, 0.717) is 6.42 Å². The van der Waals surface area contributed by atoms with Crippen LogP contribution in [0.3, 0.4) is 0 Å². The summed E-state index contributed by atoms with van der Waals surface area (Å²) in [6, 6.07) is 6.61. The third-order valence-electron chi connectivity index (χ3n) is 2.33. The summed E-state index contributed by atoms with van der Waals surface area (Å²) in [4.78, 5) is 2.09. The van der Waals surface area contributed by atoms with Gasteiger partial charge in [0.1, 0.15) is 5.82 Å². The molecular formula is C12H18FN3. The highest BCUT2D eigenvalue weighted by molar-refractivity contribution is 5.76. The molecule has 88 valence electrons. The highest BCUT2D eigenvalue weighted by Crippen LogP contribution is 2.06. The molecular weight excluding hydrogens is 205 g/mol. The molecule has 0 aliphatic rings. The highest BCUT2D eigenvalue weighted by Gasteiger charge is 2.01. The van der Waals surface area contributed by atoms with Gasteiger partial charge >= 0.3 is 0 Å². The topological polar surface area (TPSA) is 53.1 Å². The SMILES string of the molecule is CN(CCCC(=N)N)Cc1cccc(F)c1. The van der Waals surface area contributed by atoms with Crippen LogP contribution in [0.25, 0.3) is 0 Å². The van der Waals surface area contributed by atoms with Gasteiger partial charge < -0.3 is 10.6 Å². The number of rotatable bonds is 6. The van der Waals surface area contributed by atoms with E-state index in [9.17, 15) is 4.39 Å². The van der Waals surface area contributed by atoms with E-state index in [2.05, 4.69) is 4.90 Å². The van der Waals surface area contributed by atoms with Crippen molar-refractivity contribution in [2.45, 2.75) is 19.4 Å². The minimum Gasteiger partial charge on any atom is -0.388 e. The van der Waals surface area contributed by atoms with Gasteiger partial charge in [-0.1, -0.05) is 12.1 Å². The fourth-order valence-corrected chi connectivity index (χ4v) is 1.57. The van der Waals surface area contributed by atoms with Crippen molar-refractivity contribution in [2.75, 3.05) is 13.6 Å². The van der Waals surface area contributed by atoms with E-state index in [1.54, 1.807) is 12.1 Å². The number of amidine groups is 1. The Kier molecular flexibility index (Phi) is 4.92. The predicted molar refractivity (Wildman–Crippen MR) is 63.9 cm³/mol. The summed E-state index contributed by atoms with van der Waals surface area (Å²) in [6.45, 7) is 1.58. The van der Waals surface area contributed by atoms with Gasteiger partial charge in [0.25, 0.3) is 0 Å². The van der Waals surface area contributed by atoms with Crippen LogP contribution in [-0.4, -0.2) is 24.3 Å². The first kappa shape index (κ1) is 12.6. The molecule has 16 heavy (non-hydrogen) atoms. The summed E-state index contributed by atoms with van der Waals surface area (Å²) < 4.78 is 12.9. The second-order valence-corrected chi connectivity index (χ2v) is 4.00. The third-order valence-corrected chi connectivity index (χ3v) is 2.33. The minimum absolute atomic E-state index is 0.199. The summed E-state index contributed by atoms with van der Waals surface area (Å²) in [7, 11) is 1.98. The summed E-state index contributed by atoms with van der Waals surface area (Å²) in [5.74, 6) is 0.0220. The monoisotopic (exact) mass is 223 g/mol. The summed E-state index contributed by atoms with van der Waals surface area (Å²) in [5.41, 5.74) is 6.23. The van der Waals surface area contributed by atoms with Gasteiger partial charge in [-0.3, -0.25) is 5.41 Å². The average Bonchev–Trinajstić information content (AvgIpc) is 2.16. The van der Waals surface area contributed by atoms with Crippen molar-refractivity contribution in [3.8, 4) is 0 Å². The Balaban J connectivity index is 2.33. The molecule has 3 nitrogen and oxygen atoms in total. The van der Waals surface area contributed by atoms with E-state index in [1.165, 1.54) is 6.07 Å². The molecule has 0 aliphatic carbocycles. The first-order valence-corrected chi connectivity index (χ1v) is 5.34. The van der Waals surface area contributed by atoms with Gasteiger partial charge in [-0.25, -0.2) is 4.39 Å². The number of hydrogen-bond donors (Lipinski definition) is 2. The van der Waals surface area contributed by atoms with Crippen LogP contribution in [0.4, 0.5) is 4.39 Å². The normalized spacial score (nSPS) is 10.7. The van der Waals surface area contributed by atoms with Crippen molar-refractivity contribution in [2.24, 2.45) is 5.73 Å². The molecule has 0 heterocycles. The van der Waals surface area contributed by atoms with Gasteiger partial charge in [-0.2, -0.15) is 0 Å². The molecule has 0 spiro atoms. The predicted octanol–water partition coefficient (Wildman–Crippen LogP) is 1.97. The standard InChI is InChI=1S/C12H18FN3/c1-16(7-3-6-12(14)15)9-10-4-2-5-11(13)8-10/h2,4-5,8H,3,6-7,9H2,1H3,(H3,14,15). The average molecular weight is 223 g/mol. The molecule has 1 aromatic rings. The van der Waals surface area contributed by atoms with E-state index >= 15 is 0 Å². The Labute approximate surface area is 95.6 Å². The van der Waals surface area contributed by atoms with Gasteiger partial charge in [0.2, 0.25) is 0 Å². The fourth-order valence-electron chi connectivity index (χ4n) is 1.57. The molecule has 3 N–H and O–H groups in total. The van der Waals surface area contributed by atoms with Crippen LogP contribution in [0.1, 0.15) is 18.4 Å². The molecule has 0 atom stereocenters. The first-order valence-electron chi connectivity index (χ1n) is 5.34. The molecule has 4 heteroatoms. The molecule has 0 radical (unpaired) electrons. The van der Waals surface area contributed by atoms with E-state index in [-0.39, 0.29) is 11.7 Å². The number of nitrogens with two attached hydrogens (primary N) is 1. The van der Waals surface area contributed by atoms with E-state index in [4.69, 9.17) is 11.1 Å². The van der Waals surface area contributed by atoms with Crippen molar-refractivity contribution in [1.82, 2.24) is 4.90 Å². The van der Waals surface area contributed by atoms with Crippen LogP contribution in [0.15, 0.2) is 24.3 Å². The number of halogens is 1. The Morgan fingerprint density at radius 3 is 2.88 bits per heavy atom. The number of nitrogens with one attached hydrogen (secondary N) is 1. The quantitative estimate of drug-likeness (QED) is 0.572. The number of benzene rings is 1. The Bertz CT molecular complexity index is 352. The van der Waals surface area contributed by atoms with Crippen LogP contribution in [0, 0.1) is 11.2 Å². The lowest BCUT2D eigenvalue weighted by Gasteiger charge is -2.16. The van der Waals surface area contributed by atoms with Crippen LogP contribution in [0.2, 0.25) is 0 Å². The van der Waals surface area contributed by atoms with Crippen molar-refractivity contribution in [1.29, 1.82) is 5.41 Å². The van der Waals surface area contributed by atoms with E-state index in [0.717, 1.165) is 25.1 Å². The smallest absolute Gasteiger partial charge is 0.123 e. The van der Waals surface area contributed by atoms with Crippen molar-refractivity contribution in [3.05, 3.63) is 35.6 Å². The minimum atomic E-state index is -0.199. The summed E-state index contributed by atoms with van der Waals surface area (Å²) in [5, 5.41) is 7.10. The lowest BCUT2D eigenvalue weighted by Crippen LogP contribution is -2.21. The van der Waals surface area contributed by atoms with Gasteiger partial charge in [-0.05, 0) is 37.7 Å². The zero-order valence-corrected chi connectivity index (χ0v) is 9.54. The summed E-state index contributed by atoms with van der Waals surface area (Å²) >= 11 is 0. The zero-order valence-electron chi connectivity index (χ0n) is 9.54. The molecule has 0 saturated carbocycles.